The molecule has 4 rings (SSSR count). The van der Waals surface area contributed by atoms with E-state index >= 15 is 0 Å². The van der Waals surface area contributed by atoms with Crippen molar-refractivity contribution < 1.29 is 29.2 Å². The third-order valence-corrected chi connectivity index (χ3v) is 4.86. The van der Waals surface area contributed by atoms with Crippen LogP contribution < -0.4 is 0 Å². The summed E-state index contributed by atoms with van der Waals surface area (Å²) in [5, 5.41) is 22.3. The largest absolute Gasteiger partial charge is 0.384 e. The maximum Gasteiger partial charge on any atom is 0.224 e. The fraction of sp³-hybridized carbons (Fsp3) is 0.400. The molecule has 2 heterocycles. The zero-order chi connectivity index (χ0) is 18.0. The normalized spacial score (nSPS) is 23.6. The van der Waals surface area contributed by atoms with Gasteiger partial charge in [0.2, 0.25) is 11.6 Å². The Morgan fingerprint density at radius 2 is 0.885 bits per heavy atom. The first-order valence-electron chi connectivity index (χ1n) is 8.72. The van der Waals surface area contributed by atoms with Crippen LogP contribution in [0, 0.1) is 0 Å². The highest BCUT2D eigenvalue weighted by Gasteiger charge is 2.57. The topological polar surface area (TPSA) is 77.4 Å². The highest BCUT2D eigenvalue weighted by molar-refractivity contribution is 5.27. The van der Waals surface area contributed by atoms with Crippen LogP contribution >= 0.6 is 0 Å². The van der Waals surface area contributed by atoms with Crippen molar-refractivity contribution >= 4 is 0 Å². The molecule has 0 radical (unpaired) electrons. The second-order valence-electron chi connectivity index (χ2n) is 6.35. The molecule has 0 saturated carbocycles. The van der Waals surface area contributed by atoms with Gasteiger partial charge in [0.25, 0.3) is 0 Å². The van der Waals surface area contributed by atoms with E-state index in [9.17, 15) is 10.2 Å². The Morgan fingerprint density at radius 3 is 1.19 bits per heavy atom. The van der Waals surface area contributed by atoms with Crippen molar-refractivity contribution in [3.8, 4) is 0 Å². The van der Waals surface area contributed by atoms with Crippen LogP contribution in [-0.4, -0.2) is 48.8 Å². The number of hydrogen-bond acceptors (Lipinski definition) is 6. The number of hydrogen-bond donors (Lipinski definition) is 2. The smallest absolute Gasteiger partial charge is 0.224 e. The summed E-state index contributed by atoms with van der Waals surface area (Å²) in [5.74, 6) is -2.95. The summed E-state index contributed by atoms with van der Waals surface area (Å²) < 4.78 is 23.2. The maximum atomic E-state index is 11.1. The van der Waals surface area contributed by atoms with Gasteiger partial charge < -0.3 is 29.2 Å². The summed E-state index contributed by atoms with van der Waals surface area (Å²) in [6, 6.07) is 18.2. The van der Waals surface area contributed by atoms with Crippen molar-refractivity contribution in [1.29, 1.82) is 0 Å². The van der Waals surface area contributed by atoms with E-state index in [1.807, 2.05) is 36.4 Å². The van der Waals surface area contributed by atoms with Crippen molar-refractivity contribution in [2.24, 2.45) is 0 Å². The molecule has 2 atom stereocenters. The molecular weight excluding hydrogens is 336 g/mol. The van der Waals surface area contributed by atoms with Crippen molar-refractivity contribution in [2.45, 2.75) is 23.8 Å². The van der Waals surface area contributed by atoms with E-state index in [1.54, 1.807) is 24.3 Å². The van der Waals surface area contributed by atoms with E-state index in [0.29, 0.717) is 37.6 Å². The predicted molar refractivity (Wildman–Crippen MR) is 92.1 cm³/mol. The van der Waals surface area contributed by atoms with Crippen LogP contribution in [0.5, 0.6) is 0 Å². The Labute approximate surface area is 151 Å². The zero-order valence-electron chi connectivity index (χ0n) is 14.3. The van der Waals surface area contributed by atoms with E-state index in [2.05, 4.69) is 0 Å². The molecule has 2 N–H and O–H groups in total. The van der Waals surface area contributed by atoms with Crippen LogP contribution in [0.1, 0.15) is 11.1 Å². The first kappa shape index (κ1) is 17.6. The number of rotatable bonds is 5. The van der Waals surface area contributed by atoms with Crippen molar-refractivity contribution in [3.05, 3.63) is 71.8 Å². The Hall–Kier alpha value is -1.80. The van der Waals surface area contributed by atoms with Crippen LogP contribution in [0.3, 0.4) is 0 Å². The molecule has 26 heavy (non-hydrogen) atoms. The highest BCUT2D eigenvalue weighted by Crippen LogP contribution is 2.43. The van der Waals surface area contributed by atoms with Gasteiger partial charge in [-0.05, 0) is 0 Å². The van der Waals surface area contributed by atoms with Crippen LogP contribution in [0.25, 0.3) is 0 Å². The van der Waals surface area contributed by atoms with Crippen molar-refractivity contribution in [3.63, 3.8) is 0 Å². The fourth-order valence-corrected chi connectivity index (χ4v) is 3.63. The third-order valence-electron chi connectivity index (χ3n) is 4.86. The van der Waals surface area contributed by atoms with E-state index in [-0.39, 0.29) is 0 Å². The van der Waals surface area contributed by atoms with E-state index in [0.717, 1.165) is 0 Å². The van der Waals surface area contributed by atoms with E-state index < -0.39 is 23.8 Å². The molecule has 2 saturated heterocycles. The molecule has 2 aromatic carbocycles. The van der Waals surface area contributed by atoms with Crippen LogP contribution in [0.2, 0.25) is 0 Å². The molecular formula is C20H22O6. The van der Waals surface area contributed by atoms with Gasteiger partial charge in [0.05, 0.1) is 26.4 Å². The minimum Gasteiger partial charge on any atom is -0.384 e. The highest BCUT2D eigenvalue weighted by atomic mass is 16.8. The van der Waals surface area contributed by atoms with Crippen molar-refractivity contribution in [2.75, 3.05) is 26.4 Å². The van der Waals surface area contributed by atoms with Crippen LogP contribution in [-0.2, 0) is 30.5 Å². The van der Waals surface area contributed by atoms with Gasteiger partial charge in [-0.2, -0.15) is 0 Å². The SMILES string of the molecule is O[C@H]([C@@H](O)C1(c2ccccc2)OCCO1)C1(c2ccccc2)OCCO1. The molecule has 2 fully saturated rings. The van der Waals surface area contributed by atoms with Gasteiger partial charge in [-0.1, -0.05) is 60.7 Å². The Morgan fingerprint density at radius 1 is 0.577 bits per heavy atom. The molecule has 0 aliphatic carbocycles. The van der Waals surface area contributed by atoms with Gasteiger partial charge in [0.15, 0.2) is 0 Å². The molecule has 6 nitrogen and oxygen atoms in total. The summed E-state index contributed by atoms with van der Waals surface area (Å²) >= 11 is 0. The first-order chi connectivity index (χ1) is 12.7. The quantitative estimate of drug-likeness (QED) is 0.844. The van der Waals surface area contributed by atoms with Gasteiger partial charge in [-0.15, -0.1) is 0 Å². The van der Waals surface area contributed by atoms with Crippen LogP contribution in [0.4, 0.5) is 0 Å². The molecule has 6 heteroatoms. The van der Waals surface area contributed by atoms with E-state index in [4.69, 9.17) is 18.9 Å². The van der Waals surface area contributed by atoms with Gasteiger partial charge in [0, 0.05) is 11.1 Å². The third kappa shape index (κ3) is 2.75. The van der Waals surface area contributed by atoms with Crippen LogP contribution in [0.15, 0.2) is 60.7 Å². The van der Waals surface area contributed by atoms with Crippen molar-refractivity contribution in [1.82, 2.24) is 0 Å². The minimum atomic E-state index is -1.47. The predicted octanol–water partition coefficient (Wildman–Crippen LogP) is 1.51. The second kappa shape index (κ2) is 7.08. The maximum absolute atomic E-state index is 11.1. The molecule has 2 aliphatic heterocycles. The Bertz CT molecular complexity index is 644. The average Bonchev–Trinajstić information content (AvgIpc) is 3.39. The molecule has 0 aromatic heterocycles. The van der Waals surface area contributed by atoms with Gasteiger partial charge >= 0.3 is 0 Å². The zero-order valence-corrected chi connectivity index (χ0v) is 14.3. The van der Waals surface area contributed by atoms with Gasteiger partial charge in [-0.3, -0.25) is 0 Å². The average molecular weight is 358 g/mol. The Kier molecular flexibility index (Phi) is 4.79. The second-order valence-corrected chi connectivity index (χ2v) is 6.35. The number of aliphatic hydroxyl groups is 2. The summed E-state index contributed by atoms with van der Waals surface area (Å²) in [6.45, 7) is 1.27. The molecule has 138 valence electrons. The lowest BCUT2D eigenvalue weighted by atomic mass is 9.88. The molecule has 2 aromatic rings. The fourth-order valence-electron chi connectivity index (χ4n) is 3.63. The summed E-state index contributed by atoms with van der Waals surface area (Å²) in [6.07, 6.45) is -2.85. The summed E-state index contributed by atoms with van der Waals surface area (Å²) in [5.41, 5.74) is 1.26. The molecule has 0 unspecified atom stereocenters. The number of ether oxygens (including phenoxy) is 4. The monoisotopic (exact) mass is 358 g/mol. The van der Waals surface area contributed by atoms with E-state index in [1.165, 1.54) is 0 Å². The van der Waals surface area contributed by atoms with Gasteiger partial charge in [-0.25, -0.2) is 0 Å². The minimum absolute atomic E-state index is 0.318. The lowest BCUT2D eigenvalue weighted by Crippen LogP contribution is -2.56. The lowest BCUT2D eigenvalue weighted by Gasteiger charge is -2.41. The molecule has 0 bridgehead atoms. The number of benzene rings is 2. The summed E-state index contributed by atoms with van der Waals surface area (Å²) in [4.78, 5) is 0. The molecule has 0 amide bonds. The lowest BCUT2D eigenvalue weighted by molar-refractivity contribution is -0.311. The first-order valence-corrected chi connectivity index (χ1v) is 8.72. The Balaban J connectivity index is 1.72. The standard InChI is InChI=1S/C20H22O6/c21-17(19(23-11-12-24-19)15-7-3-1-4-8-15)18(22)20(25-13-14-26-20)16-9-5-2-6-10-16/h1-10,17-18,21-22H,11-14H2/t17-,18-/m1/s1. The molecule has 0 spiro atoms. The molecule has 2 aliphatic rings. The number of aliphatic hydroxyl groups excluding tert-OH is 2. The summed E-state index contributed by atoms with van der Waals surface area (Å²) in [7, 11) is 0. The van der Waals surface area contributed by atoms with Gasteiger partial charge in [0.1, 0.15) is 12.2 Å².